The van der Waals surface area contributed by atoms with Gasteiger partial charge in [0, 0.05) is 11.1 Å². The van der Waals surface area contributed by atoms with Crippen LogP contribution < -0.4 is 0 Å². The van der Waals surface area contributed by atoms with Crippen LogP contribution in [-0.4, -0.2) is 10.2 Å². The van der Waals surface area contributed by atoms with Crippen LogP contribution in [0.25, 0.3) is 0 Å². The lowest BCUT2D eigenvalue weighted by atomic mass is 10.2. The van der Waals surface area contributed by atoms with Crippen molar-refractivity contribution in [3.8, 4) is 0 Å². The van der Waals surface area contributed by atoms with Gasteiger partial charge in [-0.1, -0.05) is 0 Å². The summed E-state index contributed by atoms with van der Waals surface area (Å²) in [6.07, 6.45) is 0. The molecule has 0 unspecified atom stereocenters. The van der Waals surface area contributed by atoms with E-state index in [4.69, 9.17) is 0 Å². The number of thioether (sulfide) groups is 1. The molecule has 0 saturated heterocycles. The molecule has 0 aliphatic heterocycles. The number of rotatable bonds is 2. The molecular formula is C14H8F2O2S. The SMILES string of the molecule is O=C(SC(=O)c1ccc(F)cc1)c1ccc(F)cc1. The van der Waals surface area contributed by atoms with E-state index in [1.807, 2.05) is 0 Å². The van der Waals surface area contributed by atoms with E-state index in [-0.39, 0.29) is 11.1 Å². The normalized spacial score (nSPS) is 10.2. The van der Waals surface area contributed by atoms with E-state index in [2.05, 4.69) is 0 Å². The zero-order chi connectivity index (χ0) is 13.8. The van der Waals surface area contributed by atoms with Crippen molar-refractivity contribution in [3.05, 3.63) is 71.3 Å². The van der Waals surface area contributed by atoms with Gasteiger partial charge in [-0.3, -0.25) is 9.59 Å². The number of hydrogen-bond acceptors (Lipinski definition) is 3. The quantitative estimate of drug-likeness (QED) is 0.840. The predicted molar refractivity (Wildman–Crippen MR) is 69.1 cm³/mol. The summed E-state index contributed by atoms with van der Waals surface area (Å²) in [5.74, 6) is -0.905. The number of halogens is 2. The summed E-state index contributed by atoms with van der Waals surface area (Å²) in [5.41, 5.74) is 0.476. The molecule has 0 N–H and O–H groups in total. The highest BCUT2D eigenvalue weighted by Crippen LogP contribution is 2.18. The number of hydrogen-bond donors (Lipinski definition) is 0. The van der Waals surface area contributed by atoms with Gasteiger partial charge < -0.3 is 0 Å². The minimum Gasteiger partial charge on any atom is -0.281 e. The maximum absolute atomic E-state index is 12.7. The van der Waals surface area contributed by atoms with Crippen LogP contribution in [0.4, 0.5) is 8.78 Å². The van der Waals surface area contributed by atoms with E-state index in [1.54, 1.807) is 0 Å². The Morgan fingerprint density at radius 3 is 1.32 bits per heavy atom. The van der Waals surface area contributed by atoms with Crippen LogP contribution in [0.3, 0.4) is 0 Å². The molecule has 5 heteroatoms. The summed E-state index contributed by atoms with van der Waals surface area (Å²) in [5, 5.41) is -0.955. The highest BCUT2D eigenvalue weighted by molar-refractivity contribution is 8.26. The lowest BCUT2D eigenvalue weighted by molar-refractivity contribution is 0.106. The van der Waals surface area contributed by atoms with Crippen LogP contribution >= 0.6 is 11.8 Å². The Kier molecular flexibility index (Phi) is 4.06. The molecule has 0 atom stereocenters. The molecular weight excluding hydrogens is 270 g/mol. The van der Waals surface area contributed by atoms with Crippen molar-refractivity contribution >= 4 is 22.0 Å². The summed E-state index contributed by atoms with van der Waals surface area (Å²) in [6.45, 7) is 0. The first-order valence-electron chi connectivity index (χ1n) is 5.34. The molecule has 0 saturated carbocycles. The molecule has 0 fully saturated rings. The molecule has 2 aromatic carbocycles. The molecule has 0 heterocycles. The van der Waals surface area contributed by atoms with Gasteiger partial charge in [-0.15, -0.1) is 0 Å². The Morgan fingerprint density at radius 1 is 0.684 bits per heavy atom. The Hall–Kier alpha value is -2.01. The summed E-state index contributed by atoms with van der Waals surface area (Å²) in [7, 11) is 0. The van der Waals surface area contributed by atoms with Crippen molar-refractivity contribution in [3.63, 3.8) is 0 Å². The van der Waals surface area contributed by atoms with E-state index >= 15 is 0 Å². The lowest BCUT2D eigenvalue weighted by Gasteiger charge is -2.00. The summed E-state index contributed by atoms with van der Waals surface area (Å²) < 4.78 is 25.4. The van der Waals surface area contributed by atoms with Gasteiger partial charge in [0.1, 0.15) is 11.6 Å². The third-order valence-corrected chi connectivity index (χ3v) is 3.19. The van der Waals surface area contributed by atoms with Gasteiger partial charge in [0.25, 0.3) is 0 Å². The van der Waals surface area contributed by atoms with Crippen LogP contribution in [0.5, 0.6) is 0 Å². The van der Waals surface area contributed by atoms with Crippen LogP contribution in [0.1, 0.15) is 20.7 Å². The van der Waals surface area contributed by atoms with E-state index in [1.165, 1.54) is 24.3 Å². The summed E-state index contributed by atoms with van der Waals surface area (Å²) >= 11 is 0.495. The van der Waals surface area contributed by atoms with Crippen molar-refractivity contribution < 1.29 is 18.4 Å². The van der Waals surface area contributed by atoms with E-state index < -0.39 is 21.9 Å². The Balaban J connectivity index is 2.08. The van der Waals surface area contributed by atoms with Crippen molar-refractivity contribution in [2.75, 3.05) is 0 Å². The smallest absolute Gasteiger partial charge is 0.227 e. The first-order valence-corrected chi connectivity index (χ1v) is 6.15. The summed E-state index contributed by atoms with van der Waals surface area (Å²) in [6, 6.07) is 9.83. The molecule has 2 aromatic rings. The molecule has 0 bridgehead atoms. The van der Waals surface area contributed by atoms with Crippen LogP contribution in [-0.2, 0) is 0 Å². The molecule has 0 aliphatic rings. The van der Waals surface area contributed by atoms with E-state index in [9.17, 15) is 18.4 Å². The standard InChI is InChI=1S/C14H8F2O2S/c15-11-5-1-9(2-6-11)13(17)19-14(18)10-3-7-12(16)8-4-10/h1-8H. The van der Waals surface area contributed by atoms with Gasteiger partial charge in [0.15, 0.2) is 0 Å². The Labute approximate surface area is 112 Å². The van der Waals surface area contributed by atoms with Crippen molar-refractivity contribution in [2.45, 2.75) is 0 Å². The fraction of sp³-hybridized carbons (Fsp3) is 0. The number of carbonyl (C=O) groups is 2. The van der Waals surface area contributed by atoms with E-state index in [0.717, 1.165) is 24.3 Å². The van der Waals surface area contributed by atoms with Gasteiger partial charge in [-0.25, -0.2) is 8.78 Å². The third kappa shape index (κ3) is 3.48. The summed E-state index contributed by atoms with van der Waals surface area (Å²) in [4.78, 5) is 23.5. The number of benzene rings is 2. The zero-order valence-electron chi connectivity index (χ0n) is 9.60. The van der Waals surface area contributed by atoms with Crippen LogP contribution in [0.15, 0.2) is 48.5 Å². The zero-order valence-corrected chi connectivity index (χ0v) is 10.4. The van der Waals surface area contributed by atoms with Crippen LogP contribution in [0.2, 0.25) is 0 Å². The predicted octanol–water partition coefficient (Wildman–Crippen LogP) is 3.68. The maximum Gasteiger partial charge on any atom is 0.227 e. The van der Waals surface area contributed by atoms with Gasteiger partial charge in [0.2, 0.25) is 10.2 Å². The van der Waals surface area contributed by atoms with E-state index in [0.29, 0.717) is 11.8 Å². The van der Waals surface area contributed by atoms with Gasteiger partial charge >= 0.3 is 0 Å². The maximum atomic E-state index is 12.7. The molecule has 0 aromatic heterocycles. The molecule has 0 amide bonds. The second-order valence-corrected chi connectivity index (χ2v) is 4.64. The monoisotopic (exact) mass is 278 g/mol. The first-order chi connectivity index (χ1) is 9.06. The highest BCUT2D eigenvalue weighted by Gasteiger charge is 2.14. The van der Waals surface area contributed by atoms with Gasteiger partial charge in [-0.2, -0.15) is 0 Å². The molecule has 2 rings (SSSR count). The fourth-order valence-electron chi connectivity index (χ4n) is 1.37. The molecule has 96 valence electrons. The third-order valence-electron chi connectivity index (χ3n) is 2.35. The molecule has 2 nitrogen and oxygen atoms in total. The van der Waals surface area contributed by atoms with Crippen molar-refractivity contribution in [1.82, 2.24) is 0 Å². The van der Waals surface area contributed by atoms with Crippen molar-refractivity contribution in [1.29, 1.82) is 0 Å². The molecule has 0 radical (unpaired) electrons. The second kappa shape index (κ2) is 5.75. The Morgan fingerprint density at radius 2 is 1.00 bits per heavy atom. The minimum atomic E-state index is -0.477. The van der Waals surface area contributed by atoms with Gasteiger partial charge in [0.05, 0.1) is 0 Å². The van der Waals surface area contributed by atoms with Crippen molar-refractivity contribution in [2.24, 2.45) is 0 Å². The molecule has 0 aliphatic carbocycles. The minimum absolute atomic E-state index is 0.238. The van der Waals surface area contributed by atoms with Gasteiger partial charge in [-0.05, 0) is 60.3 Å². The first kappa shape index (κ1) is 13.4. The molecule has 0 spiro atoms. The number of carbonyl (C=O) groups excluding carboxylic acids is 2. The molecule has 19 heavy (non-hydrogen) atoms. The highest BCUT2D eigenvalue weighted by atomic mass is 32.2. The average molecular weight is 278 g/mol. The van der Waals surface area contributed by atoms with Crippen LogP contribution in [0, 0.1) is 11.6 Å². The topological polar surface area (TPSA) is 34.1 Å². The Bertz CT molecular complexity index is 551. The fourth-order valence-corrected chi connectivity index (χ4v) is 2.05. The average Bonchev–Trinajstić information content (AvgIpc) is 2.40. The lowest BCUT2D eigenvalue weighted by Crippen LogP contribution is -2.01. The largest absolute Gasteiger partial charge is 0.281 e. The second-order valence-electron chi connectivity index (χ2n) is 3.69.